The number of hydrogen-bond donors (Lipinski definition) is 4. The van der Waals surface area contributed by atoms with Crippen molar-refractivity contribution in [2.75, 3.05) is 46.3 Å². The van der Waals surface area contributed by atoms with Gasteiger partial charge >= 0.3 is 0 Å². The van der Waals surface area contributed by atoms with Gasteiger partial charge in [0.25, 0.3) is 0 Å². The number of rotatable bonds is 7. The summed E-state index contributed by atoms with van der Waals surface area (Å²) in [7, 11) is 0. The Morgan fingerprint density at radius 3 is 2.31 bits per heavy atom. The minimum atomic E-state index is 0.457. The Hall–Kier alpha value is -3.62. The van der Waals surface area contributed by atoms with Gasteiger partial charge in [0.15, 0.2) is 11.6 Å². The van der Waals surface area contributed by atoms with Crippen molar-refractivity contribution in [1.29, 1.82) is 0 Å². The van der Waals surface area contributed by atoms with Crippen molar-refractivity contribution in [2.45, 2.75) is 19.3 Å². The lowest BCUT2D eigenvalue weighted by Crippen LogP contribution is -2.31. The number of hydrogen-bond acceptors (Lipinski definition) is 9. The van der Waals surface area contributed by atoms with Gasteiger partial charge in [-0.3, -0.25) is 9.97 Å². The Balaban J connectivity index is 1.56. The van der Waals surface area contributed by atoms with Crippen LogP contribution in [-0.4, -0.2) is 39.7 Å². The zero-order valence-electron chi connectivity index (χ0n) is 16.2. The van der Waals surface area contributed by atoms with Crippen molar-refractivity contribution >= 4 is 34.6 Å². The fourth-order valence-electron chi connectivity index (χ4n) is 3.26. The molecule has 0 bridgehead atoms. The molecule has 4 heterocycles. The molecule has 4 rings (SSSR count). The van der Waals surface area contributed by atoms with Crippen LogP contribution < -0.4 is 26.6 Å². The third kappa shape index (κ3) is 4.81. The molecular weight excluding hydrogens is 366 g/mol. The number of nitrogens with two attached hydrogens (primary N) is 1. The first-order valence-corrected chi connectivity index (χ1v) is 9.77. The Morgan fingerprint density at radius 1 is 0.897 bits per heavy atom. The summed E-state index contributed by atoms with van der Waals surface area (Å²) in [6.07, 6.45) is 10.5. The van der Waals surface area contributed by atoms with E-state index in [0.717, 1.165) is 43.1 Å². The number of nitrogens with one attached hydrogen (secondary N) is 3. The molecule has 0 radical (unpaired) electrons. The molecule has 0 unspecified atom stereocenters. The topological polar surface area (TPSA) is 117 Å². The molecule has 0 aliphatic carbocycles. The molecule has 29 heavy (non-hydrogen) atoms. The summed E-state index contributed by atoms with van der Waals surface area (Å²) in [6, 6.07) is 7.62. The second kappa shape index (κ2) is 9.05. The molecule has 0 aromatic carbocycles. The summed E-state index contributed by atoms with van der Waals surface area (Å²) < 4.78 is 0. The Bertz CT molecular complexity index is 912. The van der Waals surface area contributed by atoms with E-state index in [1.807, 2.05) is 24.3 Å². The second-order valence-corrected chi connectivity index (χ2v) is 6.82. The summed E-state index contributed by atoms with van der Waals surface area (Å²) in [6.45, 7) is 2.35. The molecule has 1 saturated heterocycles. The normalized spacial score (nSPS) is 13.7. The third-order valence-corrected chi connectivity index (χ3v) is 4.71. The number of nitrogen functional groups attached to an aromatic ring is 1. The summed E-state index contributed by atoms with van der Waals surface area (Å²) >= 11 is 0. The van der Waals surface area contributed by atoms with E-state index in [2.05, 4.69) is 35.8 Å². The molecule has 150 valence electrons. The van der Waals surface area contributed by atoms with E-state index >= 15 is 0 Å². The monoisotopic (exact) mass is 391 g/mol. The molecule has 9 nitrogen and oxygen atoms in total. The maximum atomic E-state index is 6.45. The van der Waals surface area contributed by atoms with Gasteiger partial charge < -0.3 is 26.6 Å². The molecule has 5 N–H and O–H groups in total. The van der Waals surface area contributed by atoms with Gasteiger partial charge in [-0.1, -0.05) is 0 Å². The van der Waals surface area contributed by atoms with Gasteiger partial charge in [-0.05, 0) is 43.5 Å². The van der Waals surface area contributed by atoms with Crippen LogP contribution in [0.3, 0.4) is 0 Å². The minimum Gasteiger partial charge on any atom is -0.393 e. The van der Waals surface area contributed by atoms with E-state index in [4.69, 9.17) is 10.7 Å². The fourth-order valence-corrected chi connectivity index (χ4v) is 3.26. The molecule has 3 aromatic rings. The van der Waals surface area contributed by atoms with Crippen molar-refractivity contribution < 1.29 is 0 Å². The average Bonchev–Trinajstić information content (AvgIpc) is 2.78. The summed E-state index contributed by atoms with van der Waals surface area (Å²) in [5.41, 5.74) is 8.73. The summed E-state index contributed by atoms with van der Waals surface area (Å²) in [5.74, 6) is 1.83. The van der Waals surface area contributed by atoms with Crippen LogP contribution in [0, 0.1) is 0 Å². The number of aromatic nitrogens is 4. The van der Waals surface area contributed by atoms with Crippen LogP contribution in [0.4, 0.5) is 34.6 Å². The second-order valence-electron chi connectivity index (χ2n) is 6.82. The number of pyridine rings is 2. The maximum Gasteiger partial charge on any atom is 0.231 e. The van der Waals surface area contributed by atoms with Gasteiger partial charge in [0.05, 0.1) is 24.2 Å². The molecule has 1 aliphatic rings. The summed E-state index contributed by atoms with van der Waals surface area (Å²) in [5, 5.41) is 9.75. The van der Waals surface area contributed by atoms with Crippen LogP contribution in [0.25, 0.3) is 0 Å². The lowest BCUT2D eigenvalue weighted by Gasteiger charge is -2.29. The van der Waals surface area contributed by atoms with Crippen molar-refractivity contribution in [2.24, 2.45) is 0 Å². The van der Waals surface area contributed by atoms with Crippen LogP contribution in [0.5, 0.6) is 0 Å². The highest BCUT2D eigenvalue weighted by Gasteiger charge is 2.19. The van der Waals surface area contributed by atoms with Gasteiger partial charge in [-0.15, -0.1) is 0 Å². The van der Waals surface area contributed by atoms with Crippen LogP contribution >= 0.6 is 0 Å². The Labute approximate surface area is 169 Å². The van der Waals surface area contributed by atoms with Crippen LogP contribution in [0.1, 0.15) is 19.3 Å². The standard InChI is InChI=1S/C20H25N9/c21-17-18(25-14-24-15-6-4-8-22-12-15)27-20(26-16-7-5-9-23-13-16)28-19(17)29-10-2-1-3-11-29/h4-9,12-13,24H,1-3,10-11,14,21H2,(H2,25,26,27,28). The summed E-state index contributed by atoms with van der Waals surface area (Å²) in [4.78, 5) is 19.7. The molecule has 3 aromatic heterocycles. The van der Waals surface area contributed by atoms with Gasteiger partial charge in [0, 0.05) is 31.7 Å². The molecule has 0 spiro atoms. The first-order valence-electron chi connectivity index (χ1n) is 9.77. The number of anilines is 6. The molecule has 0 atom stereocenters. The molecule has 1 fully saturated rings. The third-order valence-electron chi connectivity index (χ3n) is 4.71. The number of nitrogens with zero attached hydrogens (tertiary/aromatic N) is 5. The maximum absolute atomic E-state index is 6.45. The Morgan fingerprint density at radius 2 is 1.62 bits per heavy atom. The molecule has 1 aliphatic heterocycles. The minimum absolute atomic E-state index is 0.457. The SMILES string of the molecule is Nc1c(NCNc2cccnc2)nc(Nc2cccnc2)nc1N1CCCCC1. The van der Waals surface area contributed by atoms with Crippen molar-refractivity contribution in [3.05, 3.63) is 49.1 Å². The van der Waals surface area contributed by atoms with Gasteiger partial charge in [-0.2, -0.15) is 9.97 Å². The van der Waals surface area contributed by atoms with Gasteiger partial charge in [0.1, 0.15) is 5.69 Å². The highest BCUT2D eigenvalue weighted by atomic mass is 15.3. The van der Waals surface area contributed by atoms with Crippen LogP contribution in [-0.2, 0) is 0 Å². The van der Waals surface area contributed by atoms with Crippen molar-refractivity contribution in [1.82, 2.24) is 19.9 Å². The van der Waals surface area contributed by atoms with Crippen LogP contribution in [0.2, 0.25) is 0 Å². The van der Waals surface area contributed by atoms with E-state index in [0.29, 0.717) is 24.1 Å². The number of piperidine rings is 1. The average molecular weight is 391 g/mol. The zero-order valence-corrected chi connectivity index (χ0v) is 16.2. The molecular formula is C20H25N9. The van der Waals surface area contributed by atoms with Crippen LogP contribution in [0.15, 0.2) is 49.1 Å². The smallest absolute Gasteiger partial charge is 0.231 e. The fraction of sp³-hybridized carbons (Fsp3) is 0.300. The predicted octanol–water partition coefficient (Wildman–Crippen LogP) is 3.06. The molecule has 0 saturated carbocycles. The lowest BCUT2D eigenvalue weighted by atomic mass is 10.1. The highest BCUT2D eigenvalue weighted by molar-refractivity contribution is 5.77. The first-order chi connectivity index (χ1) is 14.3. The van der Waals surface area contributed by atoms with E-state index in [9.17, 15) is 0 Å². The lowest BCUT2D eigenvalue weighted by molar-refractivity contribution is 0.574. The van der Waals surface area contributed by atoms with Gasteiger partial charge in [0.2, 0.25) is 5.95 Å². The van der Waals surface area contributed by atoms with Crippen molar-refractivity contribution in [3.63, 3.8) is 0 Å². The zero-order chi connectivity index (χ0) is 19.9. The van der Waals surface area contributed by atoms with E-state index in [1.165, 1.54) is 6.42 Å². The highest BCUT2D eigenvalue weighted by Crippen LogP contribution is 2.31. The largest absolute Gasteiger partial charge is 0.393 e. The Kier molecular flexibility index (Phi) is 5.84. The van der Waals surface area contributed by atoms with E-state index < -0.39 is 0 Å². The predicted molar refractivity (Wildman–Crippen MR) is 116 cm³/mol. The molecule has 0 amide bonds. The molecule has 9 heteroatoms. The van der Waals surface area contributed by atoms with E-state index in [-0.39, 0.29) is 0 Å². The van der Waals surface area contributed by atoms with Crippen molar-refractivity contribution in [3.8, 4) is 0 Å². The van der Waals surface area contributed by atoms with Gasteiger partial charge in [-0.25, -0.2) is 0 Å². The van der Waals surface area contributed by atoms with E-state index in [1.54, 1.807) is 24.8 Å². The first kappa shape index (κ1) is 18.7. The quantitative estimate of drug-likeness (QED) is 0.451.